The van der Waals surface area contributed by atoms with Gasteiger partial charge in [-0.2, -0.15) is 0 Å². The van der Waals surface area contributed by atoms with Crippen molar-refractivity contribution in [1.29, 1.82) is 0 Å². The van der Waals surface area contributed by atoms with Gasteiger partial charge in [-0.3, -0.25) is 4.79 Å². The van der Waals surface area contributed by atoms with E-state index in [-0.39, 0.29) is 12.0 Å². The van der Waals surface area contributed by atoms with E-state index in [4.69, 9.17) is 9.47 Å². The van der Waals surface area contributed by atoms with Gasteiger partial charge in [0.15, 0.2) is 0 Å². The molecule has 0 radical (unpaired) electrons. The van der Waals surface area contributed by atoms with E-state index in [0.29, 0.717) is 23.1 Å². The van der Waals surface area contributed by atoms with Gasteiger partial charge in [0, 0.05) is 31.0 Å². The first-order chi connectivity index (χ1) is 16.2. The van der Waals surface area contributed by atoms with Crippen LogP contribution >= 0.6 is 0 Å². The standard InChI is InChI=1S/C24H22N6O3/c1-2-22(31)30-21-11-17(7-8-26-21)33-24-18-12-19(29-23(18)27-14-28-24)15-3-5-16(6-4-15)20-13-25-9-10-32-20/h2-8,11-12,14,20,25H,1,9-10,13H2,(H,26,30,31)(H,27,28,29). The third kappa shape index (κ3) is 4.59. The highest BCUT2D eigenvalue weighted by Gasteiger charge is 2.16. The Labute approximate surface area is 189 Å². The molecule has 0 aliphatic carbocycles. The van der Waals surface area contributed by atoms with E-state index in [1.807, 2.05) is 6.07 Å². The molecule has 5 rings (SSSR count). The van der Waals surface area contributed by atoms with Crippen molar-refractivity contribution >= 4 is 22.8 Å². The van der Waals surface area contributed by atoms with Crippen LogP contribution in [0.3, 0.4) is 0 Å². The SMILES string of the molecule is C=CC(=O)Nc1cc(Oc2ncnc3[nH]c(-c4ccc(C5CNCCO5)cc4)cc23)ccn1. The van der Waals surface area contributed by atoms with Gasteiger partial charge in [0.1, 0.15) is 23.5 Å². The second-order valence-electron chi connectivity index (χ2n) is 7.48. The summed E-state index contributed by atoms with van der Waals surface area (Å²) in [5.74, 6) is 0.886. The van der Waals surface area contributed by atoms with Gasteiger partial charge in [0.25, 0.3) is 0 Å². The lowest BCUT2D eigenvalue weighted by Crippen LogP contribution is -2.33. The second kappa shape index (κ2) is 9.19. The number of anilines is 1. The van der Waals surface area contributed by atoms with E-state index in [2.05, 4.69) is 61.4 Å². The molecule has 1 saturated heterocycles. The van der Waals surface area contributed by atoms with Crippen molar-refractivity contribution in [2.45, 2.75) is 6.10 Å². The molecule has 166 valence electrons. The van der Waals surface area contributed by atoms with E-state index >= 15 is 0 Å². The van der Waals surface area contributed by atoms with Gasteiger partial charge in [-0.25, -0.2) is 15.0 Å². The largest absolute Gasteiger partial charge is 0.438 e. The first-order valence-corrected chi connectivity index (χ1v) is 10.5. The van der Waals surface area contributed by atoms with Gasteiger partial charge in [-0.05, 0) is 29.3 Å². The molecule has 0 saturated carbocycles. The number of aromatic nitrogens is 4. The minimum Gasteiger partial charge on any atom is -0.438 e. The Kier molecular flexibility index (Phi) is 5.79. The van der Waals surface area contributed by atoms with E-state index in [1.165, 1.54) is 12.4 Å². The number of hydrogen-bond acceptors (Lipinski definition) is 7. The van der Waals surface area contributed by atoms with Crippen LogP contribution in [0.2, 0.25) is 0 Å². The number of morpholine rings is 1. The number of carbonyl (C=O) groups excluding carboxylic acids is 1. The normalized spacial score (nSPS) is 15.8. The molecule has 4 heterocycles. The number of ether oxygens (including phenoxy) is 2. The van der Waals surface area contributed by atoms with Crippen LogP contribution in [0.5, 0.6) is 11.6 Å². The van der Waals surface area contributed by atoms with Crippen molar-refractivity contribution in [3.8, 4) is 22.9 Å². The zero-order chi connectivity index (χ0) is 22.6. The fraction of sp³-hybridized carbons (Fsp3) is 0.167. The summed E-state index contributed by atoms with van der Waals surface area (Å²) in [5, 5.41) is 6.70. The topological polar surface area (TPSA) is 114 Å². The molecule has 1 aliphatic rings. The van der Waals surface area contributed by atoms with Gasteiger partial charge in [0.2, 0.25) is 11.8 Å². The maximum Gasteiger partial charge on any atom is 0.248 e. The number of aromatic amines is 1. The number of H-pyrrole nitrogens is 1. The molecule has 1 amide bonds. The fourth-order valence-corrected chi connectivity index (χ4v) is 3.64. The molecule has 3 aromatic heterocycles. The maximum atomic E-state index is 11.5. The predicted octanol–water partition coefficient (Wildman–Crippen LogP) is 3.60. The van der Waals surface area contributed by atoms with Crippen LogP contribution in [0.15, 0.2) is 67.6 Å². The molecule has 0 bridgehead atoms. The molecule has 1 aliphatic heterocycles. The Bertz CT molecular complexity index is 1300. The summed E-state index contributed by atoms with van der Waals surface area (Å²) in [6.45, 7) is 5.86. The molecule has 1 unspecified atom stereocenters. The van der Waals surface area contributed by atoms with E-state index < -0.39 is 0 Å². The number of fused-ring (bicyclic) bond motifs is 1. The van der Waals surface area contributed by atoms with Crippen molar-refractivity contribution < 1.29 is 14.3 Å². The second-order valence-corrected chi connectivity index (χ2v) is 7.48. The van der Waals surface area contributed by atoms with Crippen molar-refractivity contribution in [3.05, 3.63) is 73.2 Å². The summed E-state index contributed by atoms with van der Waals surface area (Å²) in [5.41, 5.74) is 3.72. The summed E-state index contributed by atoms with van der Waals surface area (Å²) >= 11 is 0. The number of pyridine rings is 1. The van der Waals surface area contributed by atoms with Gasteiger partial charge >= 0.3 is 0 Å². The Hall–Kier alpha value is -4.08. The van der Waals surface area contributed by atoms with Crippen LogP contribution in [0.25, 0.3) is 22.3 Å². The smallest absolute Gasteiger partial charge is 0.248 e. The molecule has 9 heteroatoms. The highest BCUT2D eigenvalue weighted by atomic mass is 16.5. The van der Waals surface area contributed by atoms with Crippen LogP contribution < -0.4 is 15.4 Å². The molecule has 4 aromatic rings. The highest BCUT2D eigenvalue weighted by molar-refractivity contribution is 5.98. The number of nitrogens with one attached hydrogen (secondary N) is 3. The maximum absolute atomic E-state index is 11.5. The zero-order valence-corrected chi connectivity index (χ0v) is 17.7. The molecule has 33 heavy (non-hydrogen) atoms. The first kappa shape index (κ1) is 20.8. The van der Waals surface area contributed by atoms with E-state index in [1.54, 1.807) is 18.3 Å². The number of amides is 1. The summed E-state index contributed by atoms with van der Waals surface area (Å²) in [4.78, 5) is 27.6. The monoisotopic (exact) mass is 442 g/mol. The molecule has 3 N–H and O–H groups in total. The Balaban J connectivity index is 1.39. The molecular formula is C24H22N6O3. The number of rotatable bonds is 6. The Morgan fingerprint density at radius 2 is 2.06 bits per heavy atom. The number of carbonyl (C=O) groups is 1. The third-order valence-corrected chi connectivity index (χ3v) is 5.29. The zero-order valence-electron chi connectivity index (χ0n) is 17.7. The lowest BCUT2D eigenvalue weighted by Gasteiger charge is -2.24. The van der Waals surface area contributed by atoms with Crippen LogP contribution in [0.4, 0.5) is 5.82 Å². The first-order valence-electron chi connectivity index (χ1n) is 10.5. The Morgan fingerprint density at radius 1 is 1.18 bits per heavy atom. The van der Waals surface area contributed by atoms with Crippen molar-refractivity contribution in [3.63, 3.8) is 0 Å². The molecule has 9 nitrogen and oxygen atoms in total. The van der Waals surface area contributed by atoms with Crippen molar-refractivity contribution in [2.75, 3.05) is 25.0 Å². The van der Waals surface area contributed by atoms with Crippen LogP contribution in [0.1, 0.15) is 11.7 Å². The van der Waals surface area contributed by atoms with E-state index in [0.717, 1.165) is 41.9 Å². The minimum atomic E-state index is -0.350. The number of nitrogens with zero attached hydrogens (tertiary/aromatic N) is 3. The minimum absolute atomic E-state index is 0.0721. The van der Waals surface area contributed by atoms with Crippen molar-refractivity contribution in [1.82, 2.24) is 25.3 Å². The van der Waals surface area contributed by atoms with Gasteiger partial charge in [0.05, 0.1) is 18.1 Å². The Morgan fingerprint density at radius 3 is 2.85 bits per heavy atom. The number of hydrogen-bond donors (Lipinski definition) is 3. The lowest BCUT2D eigenvalue weighted by atomic mass is 10.0. The third-order valence-electron chi connectivity index (χ3n) is 5.29. The molecule has 1 aromatic carbocycles. The summed E-state index contributed by atoms with van der Waals surface area (Å²) < 4.78 is 11.8. The average molecular weight is 442 g/mol. The number of benzene rings is 1. The summed E-state index contributed by atoms with van der Waals surface area (Å²) in [6.07, 6.45) is 4.23. The van der Waals surface area contributed by atoms with Crippen LogP contribution in [-0.2, 0) is 9.53 Å². The van der Waals surface area contributed by atoms with Gasteiger partial charge in [-0.15, -0.1) is 0 Å². The lowest BCUT2D eigenvalue weighted by molar-refractivity contribution is -0.111. The van der Waals surface area contributed by atoms with Gasteiger partial charge in [-0.1, -0.05) is 30.8 Å². The van der Waals surface area contributed by atoms with E-state index in [9.17, 15) is 4.79 Å². The average Bonchev–Trinajstić information content (AvgIpc) is 3.30. The summed E-state index contributed by atoms with van der Waals surface area (Å²) in [6, 6.07) is 13.5. The molecule has 1 fully saturated rings. The fourth-order valence-electron chi connectivity index (χ4n) is 3.64. The highest BCUT2D eigenvalue weighted by Crippen LogP contribution is 2.32. The quantitative estimate of drug-likeness (QED) is 0.391. The predicted molar refractivity (Wildman–Crippen MR) is 124 cm³/mol. The van der Waals surface area contributed by atoms with Crippen LogP contribution in [0, 0.1) is 0 Å². The van der Waals surface area contributed by atoms with Crippen molar-refractivity contribution in [2.24, 2.45) is 0 Å². The molecular weight excluding hydrogens is 420 g/mol. The van der Waals surface area contributed by atoms with Gasteiger partial charge < -0.3 is 25.1 Å². The van der Waals surface area contributed by atoms with Crippen LogP contribution in [-0.4, -0.2) is 45.5 Å². The summed E-state index contributed by atoms with van der Waals surface area (Å²) in [7, 11) is 0. The molecule has 0 spiro atoms. The molecule has 1 atom stereocenters.